The summed E-state index contributed by atoms with van der Waals surface area (Å²) in [6.07, 6.45) is -2.49. The fraction of sp³-hybridized carbons (Fsp3) is 0.364. The fourth-order valence-corrected chi connectivity index (χ4v) is 4.24. The highest BCUT2D eigenvalue weighted by Crippen LogP contribution is 2.46. The highest BCUT2D eigenvalue weighted by atomic mass is 35.5. The zero-order valence-electron chi connectivity index (χ0n) is 16.8. The molecule has 4 nitrogen and oxygen atoms in total. The first-order chi connectivity index (χ1) is 14.1. The molecule has 3 aromatic rings. The molecule has 2 atom stereocenters. The molecule has 1 aromatic heterocycles. The van der Waals surface area contributed by atoms with Crippen LogP contribution >= 0.6 is 11.6 Å². The largest absolute Gasteiger partial charge is 0.452 e. The van der Waals surface area contributed by atoms with Crippen LogP contribution in [-0.2, 0) is 21.3 Å². The topological polar surface area (TPSA) is 44.1 Å². The minimum Gasteiger partial charge on any atom is -0.452 e. The number of carbonyl (C=O) groups is 1. The van der Waals surface area contributed by atoms with Gasteiger partial charge < -0.3 is 9.30 Å². The molecule has 0 aliphatic heterocycles. The van der Waals surface area contributed by atoms with E-state index in [9.17, 15) is 18.0 Å². The predicted molar refractivity (Wildman–Crippen MR) is 109 cm³/mol. The third-order valence-corrected chi connectivity index (χ3v) is 5.70. The van der Waals surface area contributed by atoms with Gasteiger partial charge in [0.1, 0.15) is 0 Å². The van der Waals surface area contributed by atoms with E-state index in [1.54, 1.807) is 20.2 Å². The number of nitrogens with zero attached hydrogens (tertiary/aromatic N) is 2. The molecule has 30 heavy (non-hydrogen) atoms. The molecule has 0 N–H and O–H groups in total. The number of ether oxygens (including phenoxy) is 1. The molecule has 0 saturated heterocycles. The van der Waals surface area contributed by atoms with Crippen LogP contribution in [0.3, 0.4) is 0 Å². The molecule has 0 radical (unpaired) electrons. The van der Waals surface area contributed by atoms with Crippen LogP contribution < -0.4 is 0 Å². The van der Waals surface area contributed by atoms with Gasteiger partial charge in [0.05, 0.1) is 34.0 Å². The number of carbonyl (C=O) groups excluding carboxylic acids is 1. The standard InChI is InChI=1S/C22H22ClF3N2O2/c1-4-18(28-13-27-16-11-6-7-12-17(16)28)21(3,30-19(29)5-2)14-9-8-10-15(20(14)23)22(24,25)26/h6-13,18H,4-5H2,1-3H3. The molecule has 0 saturated carbocycles. The van der Waals surface area contributed by atoms with E-state index < -0.39 is 34.4 Å². The van der Waals surface area contributed by atoms with Crippen LogP contribution in [0, 0.1) is 0 Å². The van der Waals surface area contributed by atoms with Crippen LogP contribution in [-0.4, -0.2) is 15.5 Å². The third-order valence-electron chi connectivity index (χ3n) is 5.29. The van der Waals surface area contributed by atoms with Crippen molar-refractivity contribution in [2.75, 3.05) is 0 Å². The first-order valence-corrected chi connectivity index (χ1v) is 10.0. The second kappa shape index (κ2) is 8.30. The summed E-state index contributed by atoms with van der Waals surface area (Å²) in [5.41, 5.74) is -0.804. The summed E-state index contributed by atoms with van der Waals surface area (Å²) in [6.45, 7) is 5.11. The number of rotatable bonds is 6. The Morgan fingerprint density at radius 1 is 1.13 bits per heavy atom. The molecular formula is C22H22ClF3N2O2. The summed E-state index contributed by atoms with van der Waals surface area (Å²) in [6, 6.07) is 10.5. The van der Waals surface area contributed by atoms with Crippen LogP contribution in [0.2, 0.25) is 5.02 Å². The Labute approximate surface area is 177 Å². The van der Waals surface area contributed by atoms with Crippen molar-refractivity contribution in [3.63, 3.8) is 0 Å². The lowest BCUT2D eigenvalue weighted by Crippen LogP contribution is -2.39. The van der Waals surface area contributed by atoms with E-state index in [0.29, 0.717) is 6.42 Å². The number of benzene rings is 2. The predicted octanol–water partition coefficient (Wildman–Crippen LogP) is 6.53. The number of hydrogen-bond donors (Lipinski definition) is 0. The highest BCUT2D eigenvalue weighted by Gasteiger charge is 2.44. The first kappa shape index (κ1) is 22.2. The van der Waals surface area contributed by atoms with E-state index in [0.717, 1.165) is 17.1 Å². The average Bonchev–Trinajstić information content (AvgIpc) is 3.11. The molecule has 0 aliphatic rings. The first-order valence-electron chi connectivity index (χ1n) is 9.63. The normalized spacial score (nSPS) is 15.0. The average molecular weight is 439 g/mol. The second-order valence-electron chi connectivity index (χ2n) is 7.16. The molecule has 0 amide bonds. The number of hydrogen-bond acceptors (Lipinski definition) is 3. The SMILES string of the molecule is CCC(=O)OC(C)(c1cccc(C(F)(F)F)c1Cl)C(CC)n1cnc2ccccc21. The smallest absolute Gasteiger partial charge is 0.417 e. The van der Waals surface area contributed by atoms with E-state index in [1.807, 2.05) is 35.8 Å². The third kappa shape index (κ3) is 3.90. The molecule has 8 heteroatoms. The maximum absolute atomic E-state index is 13.5. The Balaban J connectivity index is 2.25. The fourth-order valence-electron chi connectivity index (χ4n) is 3.82. The van der Waals surface area contributed by atoms with E-state index in [4.69, 9.17) is 16.3 Å². The molecule has 0 spiro atoms. The van der Waals surface area contributed by atoms with Crippen molar-refractivity contribution < 1.29 is 22.7 Å². The summed E-state index contributed by atoms with van der Waals surface area (Å²) in [4.78, 5) is 16.7. The number of aromatic nitrogens is 2. The Kier molecular flexibility index (Phi) is 6.13. The summed E-state index contributed by atoms with van der Waals surface area (Å²) < 4.78 is 48.1. The van der Waals surface area contributed by atoms with Crippen molar-refractivity contribution in [3.05, 3.63) is 64.9 Å². The zero-order chi connectivity index (χ0) is 22.1. The molecule has 0 aliphatic carbocycles. The molecule has 0 bridgehead atoms. The molecule has 3 rings (SSSR count). The van der Waals surface area contributed by atoms with Crippen LogP contribution in [0.25, 0.3) is 11.0 Å². The van der Waals surface area contributed by atoms with Crippen molar-refractivity contribution in [1.82, 2.24) is 9.55 Å². The van der Waals surface area contributed by atoms with Gasteiger partial charge >= 0.3 is 12.1 Å². The summed E-state index contributed by atoms with van der Waals surface area (Å²) >= 11 is 6.25. The van der Waals surface area contributed by atoms with Gasteiger partial charge in [-0.05, 0) is 31.5 Å². The van der Waals surface area contributed by atoms with Crippen molar-refractivity contribution in [3.8, 4) is 0 Å². The van der Waals surface area contributed by atoms with Gasteiger partial charge in [-0.1, -0.05) is 49.7 Å². The van der Waals surface area contributed by atoms with Gasteiger partial charge in [0, 0.05) is 12.0 Å². The Morgan fingerprint density at radius 2 is 1.80 bits per heavy atom. The quantitative estimate of drug-likeness (QED) is 0.411. The van der Waals surface area contributed by atoms with E-state index in [-0.39, 0.29) is 12.0 Å². The van der Waals surface area contributed by atoms with Gasteiger partial charge in [-0.15, -0.1) is 0 Å². The maximum atomic E-state index is 13.5. The van der Waals surface area contributed by atoms with Crippen molar-refractivity contribution in [1.29, 1.82) is 0 Å². The van der Waals surface area contributed by atoms with E-state index in [1.165, 1.54) is 12.1 Å². The highest BCUT2D eigenvalue weighted by molar-refractivity contribution is 6.32. The molecule has 2 unspecified atom stereocenters. The Hall–Kier alpha value is -2.54. The number of alkyl halides is 3. The molecule has 0 fully saturated rings. The van der Waals surface area contributed by atoms with Gasteiger partial charge in [-0.3, -0.25) is 4.79 Å². The molecular weight excluding hydrogens is 417 g/mol. The van der Waals surface area contributed by atoms with Crippen molar-refractivity contribution >= 4 is 28.6 Å². The van der Waals surface area contributed by atoms with Gasteiger partial charge in [0.25, 0.3) is 0 Å². The number of para-hydroxylation sites is 2. The van der Waals surface area contributed by atoms with E-state index >= 15 is 0 Å². The Morgan fingerprint density at radius 3 is 2.43 bits per heavy atom. The minimum absolute atomic E-state index is 0.0767. The molecule has 160 valence electrons. The van der Waals surface area contributed by atoms with Crippen molar-refractivity contribution in [2.45, 2.75) is 51.4 Å². The summed E-state index contributed by atoms with van der Waals surface area (Å²) in [5.74, 6) is -0.533. The summed E-state index contributed by atoms with van der Waals surface area (Å²) in [5, 5.41) is -0.473. The minimum atomic E-state index is -4.63. The van der Waals surface area contributed by atoms with Crippen LogP contribution in [0.15, 0.2) is 48.8 Å². The van der Waals surface area contributed by atoms with Crippen LogP contribution in [0.4, 0.5) is 13.2 Å². The van der Waals surface area contributed by atoms with Crippen LogP contribution in [0.5, 0.6) is 0 Å². The molecule has 1 heterocycles. The number of halogens is 4. The number of imidazole rings is 1. The van der Waals surface area contributed by atoms with Gasteiger partial charge in [0.15, 0.2) is 5.60 Å². The lowest BCUT2D eigenvalue weighted by molar-refractivity contribution is -0.164. The second-order valence-corrected chi connectivity index (χ2v) is 7.54. The van der Waals surface area contributed by atoms with Crippen LogP contribution in [0.1, 0.15) is 50.8 Å². The number of fused-ring (bicyclic) bond motifs is 1. The van der Waals surface area contributed by atoms with Gasteiger partial charge in [-0.2, -0.15) is 13.2 Å². The van der Waals surface area contributed by atoms with Crippen molar-refractivity contribution in [2.24, 2.45) is 0 Å². The summed E-state index contributed by atoms with van der Waals surface area (Å²) in [7, 11) is 0. The van der Waals surface area contributed by atoms with E-state index in [2.05, 4.69) is 4.98 Å². The zero-order valence-corrected chi connectivity index (χ0v) is 17.6. The van der Waals surface area contributed by atoms with Gasteiger partial charge in [-0.25, -0.2) is 4.98 Å². The number of esters is 1. The monoisotopic (exact) mass is 438 g/mol. The maximum Gasteiger partial charge on any atom is 0.417 e. The lowest BCUT2D eigenvalue weighted by atomic mass is 9.84. The lowest BCUT2D eigenvalue weighted by Gasteiger charge is -2.39. The molecule has 2 aromatic carbocycles. The van der Waals surface area contributed by atoms with Gasteiger partial charge in [0.2, 0.25) is 0 Å². The Bertz CT molecular complexity index is 1060.